The van der Waals surface area contributed by atoms with Gasteiger partial charge in [-0.2, -0.15) is 0 Å². The Morgan fingerprint density at radius 1 is 0.338 bits per heavy atom. The molecule has 0 aromatic carbocycles. The lowest BCUT2D eigenvalue weighted by Gasteiger charge is -2.27. The molecule has 3 aliphatic heterocycles. The number of Topliss-reactive ketones (excluding diaryl/α,β-unsaturated/α-hetero) is 1. The van der Waals surface area contributed by atoms with Crippen molar-refractivity contribution in [1.82, 2.24) is 45.4 Å². The predicted octanol–water partition coefficient (Wildman–Crippen LogP) is 17.6. The van der Waals surface area contributed by atoms with E-state index in [0.29, 0.717) is 59.8 Å². The molecular formula is C101H176N10O19. The molecule has 0 aromatic rings. The molecule has 744 valence electrons. The second-order valence-electron chi connectivity index (χ2n) is 37.9. The minimum absolute atomic E-state index is 0.0215. The Labute approximate surface area is 781 Å². The Morgan fingerprint density at radius 2 is 0.608 bits per heavy atom. The van der Waals surface area contributed by atoms with Gasteiger partial charge >= 0.3 is 17.9 Å². The zero-order valence-electron chi connectivity index (χ0n) is 83.3. The van der Waals surface area contributed by atoms with Crippen LogP contribution in [-0.4, -0.2) is 204 Å². The second kappa shape index (κ2) is 71.4. The van der Waals surface area contributed by atoms with Gasteiger partial charge in [-0.1, -0.05) is 286 Å². The van der Waals surface area contributed by atoms with Crippen LogP contribution in [0, 0.1) is 47.3 Å². The monoisotopic (exact) mass is 1830 g/mol. The van der Waals surface area contributed by atoms with E-state index in [-0.39, 0.29) is 122 Å². The maximum atomic E-state index is 13.3. The predicted molar refractivity (Wildman–Crippen MR) is 507 cm³/mol. The topological polar surface area (TPSA) is 374 Å². The molecule has 3 heterocycles. The van der Waals surface area contributed by atoms with Crippen LogP contribution in [0.1, 0.15) is 402 Å². The number of likely N-dealkylation sites (N-methyl/N-ethyl adjacent to an activating group) is 1. The third-order valence-corrected chi connectivity index (χ3v) is 25.4. The molecule has 130 heavy (non-hydrogen) atoms. The number of hydrogen-bond donors (Lipinski definition) is 3. The molecule has 0 aromatic heterocycles. The van der Waals surface area contributed by atoms with Crippen molar-refractivity contribution in [2.75, 3.05) is 56.4 Å². The summed E-state index contributed by atoms with van der Waals surface area (Å²) in [4.78, 5) is 210. The van der Waals surface area contributed by atoms with Crippen LogP contribution in [0.15, 0.2) is 25.3 Å². The molecule has 6 fully saturated rings. The maximum absolute atomic E-state index is 13.3. The fourth-order valence-corrected chi connectivity index (χ4v) is 16.9. The molecule has 29 heteroatoms. The van der Waals surface area contributed by atoms with E-state index in [1.54, 1.807) is 89.0 Å². The number of hydroxylamine groups is 6. The molecule has 3 saturated heterocycles. The number of nitrogens with zero attached hydrogens (tertiary/aromatic N) is 7. The van der Waals surface area contributed by atoms with E-state index >= 15 is 0 Å². The van der Waals surface area contributed by atoms with E-state index in [2.05, 4.69) is 28.6 Å². The largest absolute Gasteiger partial charge is 0.356 e. The summed E-state index contributed by atoms with van der Waals surface area (Å²) in [5.41, 5.74) is 6.12. The first-order valence-corrected chi connectivity index (χ1v) is 50.0. The van der Waals surface area contributed by atoms with Crippen LogP contribution in [0.5, 0.6) is 0 Å². The first-order chi connectivity index (χ1) is 61.8. The third-order valence-electron chi connectivity index (χ3n) is 25.4. The SMILES string of the molecule is C=CC(=O)N(C)C.C=CC(=O)ON1C(=O)CCC1=O.CC(CC(CC(C)C(=O)ON1C(=O)CCC1=O)C(=O)N(C)C)C(=O)NC1CCCCCCCCCCCCCC1.CCC(CC(C)C(=O)N(C)C)C(=O)ON1C(=O)CCC1=O.CCC(CC(CC(C)C(C)=O)C(=O)N(C)C)C(=O)NC1CCCCCCCCCCCCCC1.NC1CCCCCCCCCCCCCC1. The summed E-state index contributed by atoms with van der Waals surface area (Å²) in [6.45, 7) is 18.9. The highest BCUT2D eigenvalue weighted by Crippen LogP contribution is 2.30. The van der Waals surface area contributed by atoms with Gasteiger partial charge in [-0.3, -0.25) is 62.3 Å². The van der Waals surface area contributed by atoms with Gasteiger partial charge in [0.2, 0.25) is 35.4 Å². The van der Waals surface area contributed by atoms with Crippen molar-refractivity contribution in [2.24, 2.45) is 53.1 Å². The van der Waals surface area contributed by atoms with Crippen molar-refractivity contribution in [1.29, 1.82) is 0 Å². The summed E-state index contributed by atoms with van der Waals surface area (Å²) in [5.74, 6) is -8.57. The van der Waals surface area contributed by atoms with Gasteiger partial charge in [-0.05, 0) is 96.5 Å². The van der Waals surface area contributed by atoms with E-state index in [1.165, 1.54) is 252 Å². The molecule has 0 radical (unpaired) electrons. The number of hydrogen-bond acceptors (Lipinski definition) is 20. The highest BCUT2D eigenvalue weighted by molar-refractivity contribution is 6.03. The van der Waals surface area contributed by atoms with Gasteiger partial charge in [-0.15, -0.1) is 15.2 Å². The van der Waals surface area contributed by atoms with E-state index in [0.717, 1.165) is 44.6 Å². The minimum Gasteiger partial charge on any atom is -0.353 e. The Morgan fingerprint density at radius 3 is 0.892 bits per heavy atom. The Kier molecular flexibility index (Phi) is 65.8. The van der Waals surface area contributed by atoms with Gasteiger partial charge in [0.05, 0.1) is 11.8 Å². The lowest BCUT2D eigenvalue weighted by Crippen LogP contribution is -2.41. The quantitative estimate of drug-likeness (QED) is 0.0508. The van der Waals surface area contributed by atoms with Crippen LogP contribution in [0.25, 0.3) is 0 Å². The molecular weight excluding hydrogens is 1660 g/mol. The van der Waals surface area contributed by atoms with E-state index in [4.69, 9.17) is 15.4 Å². The molecule has 29 nitrogen and oxygen atoms in total. The van der Waals surface area contributed by atoms with Gasteiger partial charge in [-0.25, -0.2) is 14.4 Å². The third kappa shape index (κ3) is 53.5. The van der Waals surface area contributed by atoms with Crippen LogP contribution >= 0.6 is 0 Å². The number of rotatable bonds is 27. The van der Waals surface area contributed by atoms with Crippen LogP contribution in [0.2, 0.25) is 0 Å². The molecule has 6 aliphatic rings. The summed E-state index contributed by atoms with van der Waals surface area (Å²) in [6, 6.07) is 0.878. The average Bonchev–Trinajstić information content (AvgIpc) is 1.65. The van der Waals surface area contributed by atoms with Gasteiger partial charge in [0.25, 0.3) is 35.4 Å². The lowest BCUT2D eigenvalue weighted by atomic mass is 9.84. The smallest absolute Gasteiger partial charge is 0.353 e. The summed E-state index contributed by atoms with van der Waals surface area (Å²) in [7, 11) is 13.5. The van der Waals surface area contributed by atoms with E-state index < -0.39 is 77.0 Å². The summed E-state index contributed by atoms with van der Waals surface area (Å²) in [6.07, 6.45) is 60.1. The molecule has 12 amide bonds. The first-order valence-electron chi connectivity index (χ1n) is 50.0. The molecule has 8 atom stereocenters. The molecule has 3 aliphatic carbocycles. The molecule has 8 unspecified atom stereocenters. The van der Waals surface area contributed by atoms with Crippen LogP contribution in [0.4, 0.5) is 0 Å². The zero-order valence-corrected chi connectivity index (χ0v) is 83.3. The van der Waals surface area contributed by atoms with Crippen molar-refractivity contribution < 1.29 is 91.2 Å². The van der Waals surface area contributed by atoms with Crippen molar-refractivity contribution >= 4 is 94.6 Å². The number of nitrogens with one attached hydrogen (secondary N) is 2. The highest BCUT2D eigenvalue weighted by Gasteiger charge is 2.39. The molecule has 0 bridgehead atoms. The Balaban J connectivity index is 0.000000841. The molecule has 4 N–H and O–H groups in total. The number of amides is 12. The number of carbonyl (C=O) groups excluding carboxylic acids is 16. The molecule has 3 saturated carbocycles. The van der Waals surface area contributed by atoms with Crippen molar-refractivity contribution in [2.45, 2.75) is 420 Å². The summed E-state index contributed by atoms with van der Waals surface area (Å²) in [5, 5.41) is 8.22. The fourth-order valence-electron chi connectivity index (χ4n) is 16.9. The number of carbonyl (C=O) groups is 16. The van der Waals surface area contributed by atoms with Crippen LogP contribution in [0.3, 0.4) is 0 Å². The van der Waals surface area contributed by atoms with E-state index in [9.17, 15) is 76.7 Å². The maximum Gasteiger partial charge on any atom is 0.356 e. The molecule has 6 rings (SSSR count). The standard InChI is InChI=1S/C31H53N3O6.C29H54N2O3.C15H31N.C14H22N2O5.C7H7NO4.C5H9NO/c1-23(29(37)32-26-17-15-13-11-9-7-5-6-8-10-12-14-16-18-26)21-25(30(38)33(3)4)22-24(2)31(39)40-34-27(35)19-20-28(34)36;1-6-25(22-26(29(34)31(4)5)21-23(2)24(3)32)28(33)30-27-19-17-15-13-11-9-7-8-10-12-14-16-18-20-27;16-15-13-11-9-7-5-3-1-2-4-6-8-10-12-14-15;1-5-10(8-9(2)13(19)15(3)4)14(20)21-16-11(17)6-7-12(16)18;1-2-7(11)12-8-5(9)3-4-6(8)10;1-4-5(7)6(2)3/h23-26H,5-22H2,1-4H3,(H,32,37);23,25-27H,6-22H2,1-5H3,(H,30,33);15H,1-14,16H2;9-10H,5-8H2,1-4H3;2H,1,3-4H2;4H,1H2,2-3H3. The van der Waals surface area contributed by atoms with Gasteiger partial charge in [0.15, 0.2) is 0 Å². The zero-order chi connectivity index (χ0) is 97.5. The Bertz CT molecular complexity index is 3300. The minimum atomic E-state index is -0.807. The average molecular weight is 1830 g/mol. The van der Waals surface area contributed by atoms with Gasteiger partial charge < -0.3 is 50.5 Å². The second-order valence-corrected chi connectivity index (χ2v) is 37.9. The molecule has 0 spiro atoms. The summed E-state index contributed by atoms with van der Waals surface area (Å²) < 4.78 is 0. The van der Waals surface area contributed by atoms with Crippen molar-refractivity contribution in [3.63, 3.8) is 0 Å². The fraction of sp³-hybridized carbons (Fsp3) is 0.802. The van der Waals surface area contributed by atoms with Gasteiger partial charge in [0, 0.05) is 155 Å². The normalized spacial score (nSPS) is 19.6. The van der Waals surface area contributed by atoms with Gasteiger partial charge in [0.1, 0.15) is 5.78 Å². The van der Waals surface area contributed by atoms with Crippen molar-refractivity contribution in [3.8, 4) is 0 Å². The summed E-state index contributed by atoms with van der Waals surface area (Å²) >= 11 is 0. The van der Waals surface area contributed by atoms with Crippen LogP contribution < -0.4 is 16.4 Å². The van der Waals surface area contributed by atoms with E-state index in [1.807, 2.05) is 20.8 Å². The first kappa shape index (κ1) is 120. The lowest BCUT2D eigenvalue weighted by molar-refractivity contribution is -0.201. The van der Waals surface area contributed by atoms with Crippen molar-refractivity contribution in [3.05, 3.63) is 25.3 Å². The highest BCUT2D eigenvalue weighted by atomic mass is 16.7. The van der Waals surface area contributed by atoms with Crippen LogP contribution in [-0.2, 0) is 91.2 Å². The number of nitrogens with two attached hydrogens (primary N) is 1. The Hall–Kier alpha value is -8.24. The number of ketones is 1. The number of imide groups is 3.